The van der Waals surface area contributed by atoms with Crippen LogP contribution in [0.5, 0.6) is 0 Å². The van der Waals surface area contributed by atoms with Gasteiger partial charge in [0.05, 0.1) is 0 Å². The van der Waals surface area contributed by atoms with E-state index >= 15 is 0 Å². The minimum absolute atomic E-state index is 0.702. The number of fused-ring (bicyclic) bond motifs is 1. The maximum atomic E-state index is 5.63. The van der Waals surface area contributed by atoms with Crippen LogP contribution in [0.25, 0.3) is 6.08 Å². The molecule has 1 aromatic rings. The third-order valence-corrected chi connectivity index (χ3v) is 2.64. The monoisotopic (exact) mass is 173 g/mol. The van der Waals surface area contributed by atoms with Crippen molar-refractivity contribution < 1.29 is 0 Å². The Morgan fingerprint density at radius 2 is 2.15 bits per heavy atom. The van der Waals surface area contributed by atoms with Crippen molar-refractivity contribution in [1.82, 2.24) is 0 Å². The van der Waals surface area contributed by atoms with E-state index in [2.05, 4.69) is 31.2 Å². The predicted octanol–water partition coefficient (Wildman–Crippen LogP) is 2.28. The first kappa shape index (κ1) is 8.52. The van der Waals surface area contributed by atoms with Gasteiger partial charge in [-0.2, -0.15) is 0 Å². The molecule has 2 N–H and O–H groups in total. The molecule has 1 aliphatic rings. The number of aryl methyl sites for hydroxylation is 2. The lowest BCUT2D eigenvalue weighted by Crippen LogP contribution is -2.08. The lowest BCUT2D eigenvalue weighted by atomic mass is 9.91. The predicted molar refractivity (Wildman–Crippen MR) is 56.5 cm³/mol. The first-order chi connectivity index (χ1) is 6.29. The van der Waals surface area contributed by atoms with E-state index in [0.29, 0.717) is 6.54 Å². The summed E-state index contributed by atoms with van der Waals surface area (Å²) >= 11 is 0. The first-order valence-corrected chi connectivity index (χ1v) is 4.78. The zero-order valence-electron chi connectivity index (χ0n) is 8.01. The van der Waals surface area contributed by atoms with E-state index in [4.69, 9.17) is 5.73 Å². The van der Waals surface area contributed by atoms with Crippen LogP contribution in [0.15, 0.2) is 23.8 Å². The summed E-state index contributed by atoms with van der Waals surface area (Å²) in [6.07, 6.45) is 4.52. The third-order valence-electron chi connectivity index (χ3n) is 2.64. The van der Waals surface area contributed by atoms with Gasteiger partial charge in [0, 0.05) is 6.54 Å². The van der Waals surface area contributed by atoms with Crippen LogP contribution in [0.1, 0.15) is 23.1 Å². The Labute approximate surface area is 79.3 Å². The van der Waals surface area contributed by atoms with Crippen LogP contribution >= 0.6 is 0 Å². The fraction of sp³-hybridized carbons (Fsp3) is 0.333. The Kier molecular flexibility index (Phi) is 2.19. The molecule has 0 heterocycles. The molecule has 1 heteroatoms. The highest BCUT2D eigenvalue weighted by atomic mass is 14.5. The lowest BCUT2D eigenvalue weighted by molar-refractivity contribution is 0.892. The average molecular weight is 173 g/mol. The molecule has 13 heavy (non-hydrogen) atoms. The molecule has 0 aromatic heterocycles. The minimum atomic E-state index is 0.702. The Balaban J connectivity index is 2.44. The largest absolute Gasteiger partial charge is 0.327 e. The van der Waals surface area contributed by atoms with Gasteiger partial charge in [-0.15, -0.1) is 0 Å². The number of rotatable bonds is 1. The molecule has 0 saturated heterocycles. The number of benzene rings is 1. The Hall–Kier alpha value is -1.08. The van der Waals surface area contributed by atoms with E-state index in [1.165, 1.54) is 22.3 Å². The summed E-state index contributed by atoms with van der Waals surface area (Å²) in [5.74, 6) is 0. The SMILES string of the molecule is Cc1ccc2c(c1)C=C(CN)CC2. The van der Waals surface area contributed by atoms with E-state index in [0.717, 1.165) is 12.8 Å². The van der Waals surface area contributed by atoms with Crippen LogP contribution in [-0.2, 0) is 6.42 Å². The highest BCUT2D eigenvalue weighted by Gasteiger charge is 2.08. The van der Waals surface area contributed by atoms with Gasteiger partial charge in [0.2, 0.25) is 0 Å². The standard InChI is InChI=1S/C12H15N/c1-9-2-4-11-5-3-10(8-13)7-12(11)6-9/h2,4,6-7H,3,5,8,13H2,1H3. The van der Waals surface area contributed by atoms with Gasteiger partial charge in [0.25, 0.3) is 0 Å². The van der Waals surface area contributed by atoms with Crippen LogP contribution in [0.4, 0.5) is 0 Å². The summed E-state index contributed by atoms with van der Waals surface area (Å²) in [5, 5.41) is 0. The molecule has 0 radical (unpaired) electrons. The fourth-order valence-corrected chi connectivity index (χ4v) is 1.82. The van der Waals surface area contributed by atoms with Gasteiger partial charge in [-0.1, -0.05) is 35.4 Å². The summed E-state index contributed by atoms with van der Waals surface area (Å²) in [6, 6.07) is 6.65. The zero-order chi connectivity index (χ0) is 9.26. The molecule has 0 fully saturated rings. The highest BCUT2D eigenvalue weighted by molar-refractivity contribution is 5.60. The second-order valence-electron chi connectivity index (χ2n) is 3.71. The average Bonchev–Trinajstić information content (AvgIpc) is 2.16. The third kappa shape index (κ3) is 1.65. The molecule has 0 unspecified atom stereocenters. The van der Waals surface area contributed by atoms with Crippen molar-refractivity contribution in [2.24, 2.45) is 5.73 Å². The van der Waals surface area contributed by atoms with Crippen LogP contribution in [0.3, 0.4) is 0 Å². The molecule has 0 spiro atoms. The van der Waals surface area contributed by atoms with Crippen molar-refractivity contribution >= 4 is 6.08 Å². The molecular formula is C12H15N. The van der Waals surface area contributed by atoms with Gasteiger partial charge in [-0.25, -0.2) is 0 Å². The first-order valence-electron chi connectivity index (χ1n) is 4.78. The quantitative estimate of drug-likeness (QED) is 0.692. The van der Waals surface area contributed by atoms with Crippen molar-refractivity contribution in [1.29, 1.82) is 0 Å². The molecule has 0 saturated carbocycles. The summed E-state index contributed by atoms with van der Waals surface area (Å²) in [6.45, 7) is 2.83. The van der Waals surface area contributed by atoms with E-state index in [1.807, 2.05) is 0 Å². The Morgan fingerprint density at radius 3 is 2.92 bits per heavy atom. The van der Waals surface area contributed by atoms with Gasteiger partial charge in [0.1, 0.15) is 0 Å². The van der Waals surface area contributed by atoms with Crippen molar-refractivity contribution in [3.8, 4) is 0 Å². The molecule has 1 aromatic carbocycles. The topological polar surface area (TPSA) is 26.0 Å². The Bertz CT molecular complexity index is 350. The van der Waals surface area contributed by atoms with Gasteiger partial charge in [-0.3, -0.25) is 0 Å². The van der Waals surface area contributed by atoms with Crippen LogP contribution in [0, 0.1) is 6.92 Å². The lowest BCUT2D eigenvalue weighted by Gasteiger charge is -2.15. The van der Waals surface area contributed by atoms with Crippen molar-refractivity contribution in [2.75, 3.05) is 6.54 Å². The summed E-state index contributed by atoms with van der Waals surface area (Å²) in [5.41, 5.74) is 11.2. The van der Waals surface area contributed by atoms with Crippen LogP contribution in [-0.4, -0.2) is 6.54 Å². The second-order valence-corrected chi connectivity index (χ2v) is 3.71. The Morgan fingerprint density at radius 1 is 1.31 bits per heavy atom. The van der Waals surface area contributed by atoms with Crippen molar-refractivity contribution in [3.05, 3.63) is 40.5 Å². The molecule has 1 aliphatic carbocycles. The number of hydrogen-bond donors (Lipinski definition) is 1. The highest BCUT2D eigenvalue weighted by Crippen LogP contribution is 2.23. The summed E-state index contributed by atoms with van der Waals surface area (Å²) < 4.78 is 0. The van der Waals surface area contributed by atoms with E-state index < -0.39 is 0 Å². The van der Waals surface area contributed by atoms with Crippen LogP contribution in [0.2, 0.25) is 0 Å². The number of nitrogens with two attached hydrogens (primary N) is 1. The summed E-state index contributed by atoms with van der Waals surface area (Å²) in [4.78, 5) is 0. The molecule has 0 aliphatic heterocycles. The molecule has 68 valence electrons. The summed E-state index contributed by atoms with van der Waals surface area (Å²) in [7, 11) is 0. The number of hydrogen-bond acceptors (Lipinski definition) is 1. The van der Waals surface area contributed by atoms with E-state index in [9.17, 15) is 0 Å². The molecule has 1 nitrogen and oxygen atoms in total. The van der Waals surface area contributed by atoms with Crippen molar-refractivity contribution in [2.45, 2.75) is 19.8 Å². The van der Waals surface area contributed by atoms with E-state index in [1.54, 1.807) is 0 Å². The fourth-order valence-electron chi connectivity index (χ4n) is 1.82. The zero-order valence-corrected chi connectivity index (χ0v) is 8.01. The normalized spacial score (nSPS) is 15.1. The molecule has 2 rings (SSSR count). The second kappa shape index (κ2) is 3.35. The maximum Gasteiger partial charge on any atom is 0.0140 e. The molecule has 0 bridgehead atoms. The molecular weight excluding hydrogens is 158 g/mol. The van der Waals surface area contributed by atoms with Gasteiger partial charge in [0.15, 0.2) is 0 Å². The minimum Gasteiger partial charge on any atom is -0.327 e. The molecule has 0 atom stereocenters. The van der Waals surface area contributed by atoms with Gasteiger partial charge < -0.3 is 5.73 Å². The van der Waals surface area contributed by atoms with Crippen molar-refractivity contribution in [3.63, 3.8) is 0 Å². The van der Waals surface area contributed by atoms with E-state index in [-0.39, 0.29) is 0 Å². The van der Waals surface area contributed by atoms with Gasteiger partial charge >= 0.3 is 0 Å². The molecule has 0 amide bonds. The smallest absolute Gasteiger partial charge is 0.0140 e. The van der Waals surface area contributed by atoms with Crippen LogP contribution < -0.4 is 5.73 Å². The van der Waals surface area contributed by atoms with Gasteiger partial charge in [-0.05, 0) is 30.9 Å². The maximum absolute atomic E-state index is 5.63.